The fourth-order valence-corrected chi connectivity index (χ4v) is 2.98. The summed E-state index contributed by atoms with van der Waals surface area (Å²) in [7, 11) is 0. The smallest absolute Gasteiger partial charge is 0.330 e. The Morgan fingerprint density at radius 3 is 2.68 bits per heavy atom. The second-order valence-corrected chi connectivity index (χ2v) is 6.31. The van der Waals surface area contributed by atoms with Crippen LogP contribution in [0.5, 0.6) is 0 Å². The second kappa shape index (κ2) is 8.44. The van der Waals surface area contributed by atoms with Crippen molar-refractivity contribution in [2.75, 3.05) is 6.61 Å². The van der Waals surface area contributed by atoms with Crippen molar-refractivity contribution in [2.45, 2.75) is 38.1 Å². The van der Waals surface area contributed by atoms with Crippen molar-refractivity contribution < 1.29 is 24.6 Å². The molecule has 1 aliphatic heterocycles. The summed E-state index contributed by atoms with van der Waals surface area (Å²) >= 11 is 0. The summed E-state index contributed by atoms with van der Waals surface area (Å²) in [5, 5.41) is 30.0. The Morgan fingerprint density at radius 2 is 2.00 bits per heavy atom. The van der Waals surface area contributed by atoms with Crippen molar-refractivity contribution in [3.8, 4) is 0 Å². The highest BCUT2D eigenvalue weighted by Gasteiger charge is 2.35. The molecule has 3 atom stereocenters. The summed E-state index contributed by atoms with van der Waals surface area (Å²) in [5.41, 5.74) is -0.997. The summed E-state index contributed by atoms with van der Waals surface area (Å²) in [6.45, 7) is -0.692. The molecular weight excluding hydrogens is 374 g/mol. The van der Waals surface area contributed by atoms with Gasteiger partial charge in [0.05, 0.1) is 42.0 Å². The van der Waals surface area contributed by atoms with E-state index in [0.717, 1.165) is 4.57 Å². The average Bonchev–Trinajstić information content (AvgIpc) is 3.04. The number of rotatable bonds is 7. The van der Waals surface area contributed by atoms with Gasteiger partial charge in [0, 0.05) is 18.7 Å². The molecule has 2 aromatic rings. The molecule has 1 aromatic heterocycles. The van der Waals surface area contributed by atoms with E-state index < -0.39 is 41.2 Å². The van der Waals surface area contributed by atoms with E-state index in [-0.39, 0.29) is 30.9 Å². The van der Waals surface area contributed by atoms with Crippen LogP contribution in [0.25, 0.3) is 0 Å². The van der Waals surface area contributed by atoms with Gasteiger partial charge in [0.1, 0.15) is 12.3 Å². The molecule has 28 heavy (non-hydrogen) atoms. The predicted octanol–water partition coefficient (Wildman–Crippen LogP) is -0.198. The molecule has 1 aliphatic rings. The number of aliphatic hydroxyl groups is 2. The highest BCUT2D eigenvalue weighted by atomic mass is 16.6. The Kier molecular flexibility index (Phi) is 5.99. The number of nitrogens with one attached hydrogen (secondary N) is 1. The second-order valence-electron chi connectivity index (χ2n) is 6.31. The average molecular weight is 393 g/mol. The van der Waals surface area contributed by atoms with Crippen LogP contribution in [0.2, 0.25) is 0 Å². The predicted molar refractivity (Wildman–Crippen MR) is 94.5 cm³/mol. The van der Waals surface area contributed by atoms with Gasteiger partial charge in [-0.2, -0.15) is 0 Å². The van der Waals surface area contributed by atoms with Crippen molar-refractivity contribution >= 4 is 5.69 Å². The van der Waals surface area contributed by atoms with Crippen molar-refractivity contribution in [1.29, 1.82) is 0 Å². The monoisotopic (exact) mass is 393 g/mol. The number of para-hydroxylation sites is 1. The van der Waals surface area contributed by atoms with E-state index in [1.54, 1.807) is 12.1 Å². The lowest BCUT2D eigenvalue weighted by Gasteiger charge is -2.15. The van der Waals surface area contributed by atoms with E-state index in [0.29, 0.717) is 5.56 Å². The number of aliphatic hydroxyl groups excluding tert-OH is 2. The van der Waals surface area contributed by atoms with Gasteiger partial charge in [0.2, 0.25) is 0 Å². The van der Waals surface area contributed by atoms with Gasteiger partial charge in [-0.3, -0.25) is 24.5 Å². The molecule has 1 unspecified atom stereocenters. The number of aromatic nitrogens is 2. The molecule has 0 bridgehead atoms. The zero-order valence-corrected chi connectivity index (χ0v) is 14.7. The van der Waals surface area contributed by atoms with Gasteiger partial charge in [-0.15, -0.1) is 0 Å². The van der Waals surface area contributed by atoms with Crippen LogP contribution in [0.15, 0.2) is 40.1 Å². The number of nitrogens with zero attached hydrogens (tertiary/aromatic N) is 2. The molecule has 0 amide bonds. The molecule has 2 heterocycles. The molecule has 11 nitrogen and oxygen atoms in total. The Balaban J connectivity index is 1.74. The minimum Gasteiger partial charge on any atom is -0.394 e. The fourth-order valence-electron chi connectivity index (χ4n) is 2.98. The Bertz CT molecular complexity index is 969. The minimum atomic E-state index is -0.938. The van der Waals surface area contributed by atoms with Crippen LogP contribution in [0, 0.1) is 10.1 Å². The molecule has 0 spiro atoms. The lowest BCUT2D eigenvalue weighted by Crippen LogP contribution is -2.34. The van der Waals surface area contributed by atoms with Crippen LogP contribution in [-0.2, 0) is 22.7 Å². The molecule has 3 N–H and O–H groups in total. The first kappa shape index (κ1) is 19.9. The number of hydrogen-bond donors (Lipinski definition) is 3. The number of nitro groups is 1. The van der Waals surface area contributed by atoms with E-state index in [4.69, 9.17) is 14.6 Å². The largest absolute Gasteiger partial charge is 0.394 e. The van der Waals surface area contributed by atoms with Crippen LogP contribution >= 0.6 is 0 Å². The van der Waals surface area contributed by atoms with Crippen molar-refractivity contribution in [3.05, 3.63) is 72.5 Å². The van der Waals surface area contributed by atoms with Crippen LogP contribution in [-0.4, -0.2) is 43.5 Å². The van der Waals surface area contributed by atoms with E-state index >= 15 is 0 Å². The Morgan fingerprint density at radius 1 is 1.29 bits per heavy atom. The maximum Gasteiger partial charge on any atom is 0.330 e. The lowest BCUT2D eigenvalue weighted by atomic mass is 10.2. The summed E-state index contributed by atoms with van der Waals surface area (Å²) in [5.74, 6) is 0. The zero-order chi connectivity index (χ0) is 20.3. The van der Waals surface area contributed by atoms with Gasteiger partial charge in [-0.1, -0.05) is 12.1 Å². The summed E-state index contributed by atoms with van der Waals surface area (Å²) in [6, 6.07) is 6.08. The molecule has 0 aliphatic carbocycles. The maximum atomic E-state index is 12.1. The van der Waals surface area contributed by atoms with Gasteiger partial charge in [0.25, 0.3) is 11.2 Å². The van der Waals surface area contributed by atoms with Crippen molar-refractivity contribution in [2.24, 2.45) is 0 Å². The van der Waals surface area contributed by atoms with E-state index in [1.165, 1.54) is 18.3 Å². The fraction of sp³-hybridized carbons (Fsp3) is 0.412. The summed E-state index contributed by atoms with van der Waals surface area (Å²) < 4.78 is 12.0. The van der Waals surface area contributed by atoms with Gasteiger partial charge in [-0.25, -0.2) is 4.79 Å². The number of hydrogen-bond acceptors (Lipinski definition) is 8. The van der Waals surface area contributed by atoms with Gasteiger partial charge in [-0.05, 0) is 6.07 Å². The summed E-state index contributed by atoms with van der Waals surface area (Å²) in [4.78, 5) is 36.7. The van der Waals surface area contributed by atoms with Crippen LogP contribution in [0.1, 0.15) is 23.8 Å². The minimum absolute atomic E-state index is 0.0771. The van der Waals surface area contributed by atoms with E-state index in [9.17, 15) is 24.8 Å². The first-order chi connectivity index (χ1) is 13.4. The molecule has 150 valence electrons. The molecule has 1 saturated heterocycles. The van der Waals surface area contributed by atoms with Gasteiger partial charge >= 0.3 is 5.69 Å². The Labute approximate surface area is 157 Å². The lowest BCUT2D eigenvalue weighted by molar-refractivity contribution is -0.386. The van der Waals surface area contributed by atoms with Crippen LogP contribution in [0.3, 0.4) is 0 Å². The highest BCUT2D eigenvalue weighted by Crippen LogP contribution is 2.27. The molecular formula is C17H19N3O8. The number of benzene rings is 1. The number of nitro benzene ring substituents is 1. The molecule has 11 heteroatoms. The van der Waals surface area contributed by atoms with E-state index in [2.05, 4.69) is 4.98 Å². The molecule has 1 fully saturated rings. The third-order valence-electron chi connectivity index (χ3n) is 4.44. The highest BCUT2D eigenvalue weighted by molar-refractivity contribution is 5.39. The van der Waals surface area contributed by atoms with Crippen molar-refractivity contribution in [1.82, 2.24) is 9.55 Å². The SMILES string of the molecule is O=c1[nH]c(=O)n([C@@H]2CC(O)[C@H](CO)O2)cc1COCc1ccccc1[N+](=O)[O-]. The number of ether oxygens (including phenoxy) is 2. The zero-order valence-electron chi connectivity index (χ0n) is 14.7. The third-order valence-corrected chi connectivity index (χ3v) is 4.44. The molecule has 0 radical (unpaired) electrons. The number of aromatic amines is 1. The first-order valence-electron chi connectivity index (χ1n) is 8.49. The summed E-state index contributed by atoms with van der Waals surface area (Å²) in [6.07, 6.45) is -1.26. The molecule has 3 rings (SSSR count). The topological polar surface area (TPSA) is 157 Å². The van der Waals surface area contributed by atoms with Crippen molar-refractivity contribution in [3.63, 3.8) is 0 Å². The maximum absolute atomic E-state index is 12.1. The standard InChI is InChI=1S/C17H19N3O8/c21-7-14-13(22)5-15(28-14)19-6-11(16(23)18-17(19)24)9-27-8-10-3-1-2-4-12(10)20(25)26/h1-4,6,13-15,21-22H,5,7-9H2,(H,18,23,24)/t13?,14-,15-/m0/s1. The van der Waals surface area contributed by atoms with Crippen LogP contribution < -0.4 is 11.2 Å². The first-order valence-corrected chi connectivity index (χ1v) is 8.49. The normalized spacial score (nSPS) is 21.7. The number of H-pyrrole nitrogens is 1. The van der Waals surface area contributed by atoms with Gasteiger partial charge < -0.3 is 19.7 Å². The van der Waals surface area contributed by atoms with Crippen LogP contribution in [0.4, 0.5) is 5.69 Å². The third kappa shape index (κ3) is 4.17. The Hall–Kier alpha value is -2.86. The molecule has 1 aromatic carbocycles. The molecule has 0 saturated carbocycles. The van der Waals surface area contributed by atoms with E-state index in [1.807, 2.05) is 0 Å². The quantitative estimate of drug-likeness (QED) is 0.431. The van der Waals surface area contributed by atoms with Gasteiger partial charge in [0.15, 0.2) is 0 Å².